The SMILES string of the molecule is CC(C)(C)OC(=O)N1C2CCC1CC(=O)C2.CC(C)(C)OC(=O)N1C2CCC1CC(O)C2.CC(C)(C)OC(=O)N1C2CCC1CC(OS(C)(=O)=O)C2.CCO.CS(=O)(=O)Cl.Cc1cn[nH]c1.Cc1cnn(C2CC3CCC(C2)N3C(=O)OC(C)(C)C)c1.Cc1cnn(C2CC3CCC(C2)N3C(=O)OC(C)(C)C)c1. The number of nitrogens with zero attached hydrogens (tertiary/aromatic N) is 10. The first-order valence-corrected chi connectivity index (χ1v) is 42.9. The molecule has 29 nitrogen and oxygen atoms in total. The number of halogens is 1. The highest BCUT2D eigenvalue weighted by Crippen LogP contribution is 2.44. The first-order chi connectivity index (χ1) is 49.8. The van der Waals surface area contributed by atoms with Crippen LogP contribution in [0.4, 0.5) is 24.0 Å². The van der Waals surface area contributed by atoms with Gasteiger partial charge in [0.2, 0.25) is 9.05 Å². The number of carbonyl (C=O) groups excluding carboxylic acids is 6. The van der Waals surface area contributed by atoms with Crippen LogP contribution in [0.1, 0.15) is 268 Å². The van der Waals surface area contributed by atoms with Gasteiger partial charge >= 0.3 is 30.5 Å². The summed E-state index contributed by atoms with van der Waals surface area (Å²) in [4.78, 5) is 81.8. The molecule has 3 aromatic heterocycles. The summed E-state index contributed by atoms with van der Waals surface area (Å²) in [5, 5.41) is 32.5. The van der Waals surface area contributed by atoms with Gasteiger partial charge in [0.25, 0.3) is 10.1 Å². The lowest BCUT2D eigenvalue weighted by molar-refractivity contribution is -0.123. The number of hydrogen-bond donors (Lipinski definition) is 3. The number of rotatable bonds is 4. The van der Waals surface area contributed by atoms with Gasteiger partial charge in [-0.3, -0.25) is 23.4 Å². The maximum absolute atomic E-state index is 12.4. The number of nitrogens with one attached hydrogen (secondary N) is 1. The Balaban J connectivity index is 0.000000202. The lowest BCUT2D eigenvalue weighted by atomic mass is 9.98. The summed E-state index contributed by atoms with van der Waals surface area (Å²) in [5.74, 6) is 0.285. The van der Waals surface area contributed by atoms with E-state index in [-0.39, 0.29) is 91.3 Å². The predicted octanol–water partition coefficient (Wildman–Crippen LogP) is 13.4. The molecule has 3 N–H and O–H groups in total. The zero-order valence-electron chi connectivity index (χ0n) is 68.0. The van der Waals surface area contributed by atoms with E-state index in [0.29, 0.717) is 74.8 Å². The fourth-order valence-electron chi connectivity index (χ4n) is 15.9. The first kappa shape index (κ1) is 90.6. The number of aliphatic hydroxyl groups excluding tert-OH is 2. The topological polar surface area (TPSA) is 347 Å². The quantitative estimate of drug-likeness (QED) is 0.124. The molecule has 0 aliphatic carbocycles. The van der Waals surface area contributed by atoms with E-state index in [1.54, 1.807) is 22.9 Å². The molecule has 10 fully saturated rings. The van der Waals surface area contributed by atoms with E-state index in [0.717, 1.165) is 102 Å². The van der Waals surface area contributed by atoms with Crippen molar-refractivity contribution in [2.75, 3.05) is 19.1 Å². The fraction of sp³-hybridized carbons (Fsp3) is 0.803. The Kier molecular flexibility index (Phi) is 31.7. The average Bonchev–Trinajstić information content (AvgIpc) is 1.60. The summed E-state index contributed by atoms with van der Waals surface area (Å²) < 4.78 is 77.8. The van der Waals surface area contributed by atoms with E-state index in [1.807, 2.05) is 144 Å². The van der Waals surface area contributed by atoms with Gasteiger partial charge in [0, 0.05) is 109 Å². The third-order valence-corrected chi connectivity index (χ3v) is 20.2. The van der Waals surface area contributed by atoms with Gasteiger partial charge in [-0.2, -0.15) is 23.7 Å². The van der Waals surface area contributed by atoms with Gasteiger partial charge in [-0.05, 0) is 264 Å². The van der Waals surface area contributed by atoms with E-state index < -0.39 is 47.2 Å². The van der Waals surface area contributed by atoms with Crippen molar-refractivity contribution in [1.29, 1.82) is 0 Å². The molecule has 0 saturated carbocycles. The Bertz CT molecular complexity index is 3480. The fourth-order valence-corrected chi connectivity index (χ4v) is 16.6. The van der Waals surface area contributed by atoms with Gasteiger partial charge < -0.3 is 58.4 Å². The molecule has 32 heteroatoms. The van der Waals surface area contributed by atoms with Crippen molar-refractivity contribution < 1.29 is 83.7 Å². The molecule has 13 heterocycles. The zero-order valence-corrected chi connectivity index (χ0v) is 70.4. The van der Waals surface area contributed by atoms with Crippen LogP contribution < -0.4 is 0 Å². The number of hydrogen-bond acceptors (Lipinski definition) is 21. The molecule has 10 unspecified atom stereocenters. The summed E-state index contributed by atoms with van der Waals surface area (Å²) in [6, 6.07) is 2.60. The van der Waals surface area contributed by atoms with Crippen molar-refractivity contribution in [2.45, 2.75) is 373 Å². The van der Waals surface area contributed by atoms with Gasteiger partial charge in [0.1, 0.15) is 33.8 Å². The minimum absolute atomic E-state index is 0.0235. The molecule has 13 rings (SSSR count). The molecule has 10 aliphatic rings. The van der Waals surface area contributed by atoms with Crippen molar-refractivity contribution in [3.8, 4) is 0 Å². The van der Waals surface area contributed by atoms with E-state index in [4.69, 9.17) is 33.0 Å². The number of carbonyl (C=O) groups is 6. The smallest absolute Gasteiger partial charge is 0.410 e. The van der Waals surface area contributed by atoms with Gasteiger partial charge in [-0.25, -0.2) is 32.4 Å². The Labute approximate surface area is 646 Å². The maximum atomic E-state index is 12.4. The Hall–Kier alpha value is -6.28. The van der Waals surface area contributed by atoms with Crippen LogP contribution in [0.25, 0.3) is 0 Å². The monoisotopic (exact) mass is 1580 g/mol. The van der Waals surface area contributed by atoms with Crippen LogP contribution >= 0.6 is 10.7 Å². The number of H-pyrrole nitrogens is 1. The van der Waals surface area contributed by atoms with Gasteiger partial charge in [-0.15, -0.1) is 0 Å². The first-order valence-electron chi connectivity index (χ1n) is 38.4. The molecule has 614 valence electrons. The largest absolute Gasteiger partial charge is 0.444 e. The van der Waals surface area contributed by atoms with Gasteiger partial charge in [-0.1, -0.05) is 0 Å². The summed E-state index contributed by atoms with van der Waals surface area (Å²) in [7, 11) is -2.14. The number of aryl methyl sites for hydroxylation is 3. The second kappa shape index (κ2) is 37.8. The van der Waals surface area contributed by atoms with Crippen LogP contribution in [0.15, 0.2) is 37.2 Å². The summed E-state index contributed by atoms with van der Waals surface area (Å²) in [6.45, 7) is 36.3. The highest BCUT2D eigenvalue weighted by molar-refractivity contribution is 8.13. The zero-order chi connectivity index (χ0) is 81.0. The normalized spacial score (nSPS) is 27.4. The number of Topliss-reactive ketones (excluding diaryl/α,β-unsaturated/α-hetero) is 1. The number of aromatic amines is 1. The minimum atomic E-state index is -3.44. The van der Waals surface area contributed by atoms with Crippen LogP contribution in [-0.2, 0) is 51.8 Å². The van der Waals surface area contributed by atoms with Crippen LogP contribution in [0.3, 0.4) is 0 Å². The molecule has 0 aromatic carbocycles. The molecule has 5 amide bonds. The third-order valence-electron chi connectivity index (χ3n) is 19.5. The van der Waals surface area contributed by atoms with E-state index in [1.165, 1.54) is 16.7 Å². The standard InChI is InChI=1S/2C16H25N3O2.C13H23NO5S.C12H21NO3.C12H19NO3.C4H6N2.C2H6O.CH3ClO2S/c2*1-11-9-17-18(10-11)14-7-12-5-6-13(8-14)19(12)15(20)21-16(2,3)4;1-13(2,3)18-12(15)14-9-5-6-10(14)8-11(7-9)19-20(4,16)17;2*1-12(2,3)16-11(15)13-8-4-5-9(13)7-10(14)6-8;1-4-2-5-6-3-4;1-2-3;1-5(2,3)4/h2*9-10,12-14H,5-8H2,1-4H3;9-11H,5-8H2,1-4H3;8-10,14H,4-7H2,1-3H3;8-9H,4-7H2,1-3H3;2-3H,1H3,(H,5,6);3H,2H2,1H3;1H3. The molecule has 108 heavy (non-hydrogen) atoms. The van der Waals surface area contributed by atoms with Crippen LogP contribution in [0, 0.1) is 20.8 Å². The number of piperidine rings is 5. The lowest BCUT2D eigenvalue weighted by Crippen LogP contribution is -2.50. The Morgan fingerprint density at radius 2 is 0.704 bits per heavy atom. The number of amides is 5. The van der Waals surface area contributed by atoms with Crippen molar-refractivity contribution in [3.63, 3.8) is 0 Å². The van der Waals surface area contributed by atoms with Crippen molar-refractivity contribution in [2.24, 2.45) is 0 Å². The minimum Gasteiger partial charge on any atom is -0.444 e. The molecule has 10 atom stereocenters. The molecule has 10 bridgehead atoms. The van der Waals surface area contributed by atoms with Crippen LogP contribution in [-0.4, -0.2) is 237 Å². The van der Waals surface area contributed by atoms with Gasteiger partial charge in [0.15, 0.2) is 0 Å². The molecule has 3 aromatic rings. The van der Waals surface area contributed by atoms with E-state index >= 15 is 0 Å². The highest BCUT2D eigenvalue weighted by Gasteiger charge is 2.50. The number of aromatic nitrogens is 6. The third kappa shape index (κ3) is 29.4. The molecular weight excluding hydrogens is 1450 g/mol. The Morgan fingerprint density at radius 1 is 0.454 bits per heavy atom. The lowest BCUT2D eigenvalue weighted by Gasteiger charge is -2.39. The van der Waals surface area contributed by atoms with Crippen molar-refractivity contribution in [3.05, 3.63) is 53.9 Å². The number of fused-ring (bicyclic) bond motifs is 10. The van der Waals surface area contributed by atoms with Crippen LogP contribution in [0.5, 0.6) is 0 Å². The summed E-state index contributed by atoms with van der Waals surface area (Å²) >= 11 is 0. The molecule has 0 spiro atoms. The molecular formula is C76H128ClN11O18S2. The highest BCUT2D eigenvalue weighted by atomic mass is 35.7. The van der Waals surface area contributed by atoms with E-state index in [2.05, 4.69) is 66.7 Å². The predicted molar refractivity (Wildman–Crippen MR) is 410 cm³/mol. The summed E-state index contributed by atoms with van der Waals surface area (Å²) in [5.41, 5.74) is 1.30. The molecule has 0 radical (unpaired) electrons. The average molecular weight is 1580 g/mol. The molecule has 10 saturated heterocycles. The molecule has 10 aliphatic heterocycles. The van der Waals surface area contributed by atoms with Gasteiger partial charge in [0.05, 0.1) is 55.4 Å². The summed E-state index contributed by atoms with van der Waals surface area (Å²) in [6.07, 6.45) is 29.5. The van der Waals surface area contributed by atoms with Crippen LogP contribution in [0.2, 0.25) is 0 Å². The Morgan fingerprint density at radius 3 is 0.917 bits per heavy atom. The second-order valence-corrected chi connectivity index (χ2v) is 40.0. The van der Waals surface area contributed by atoms with E-state index in [9.17, 15) is 50.7 Å². The van der Waals surface area contributed by atoms with Crippen molar-refractivity contribution in [1.82, 2.24) is 54.3 Å². The number of ether oxygens (including phenoxy) is 5. The van der Waals surface area contributed by atoms with Crippen molar-refractivity contribution >= 4 is 66.1 Å². The second-order valence-electron chi connectivity index (χ2n) is 35.3. The number of aliphatic hydroxyl groups is 2. The number of ketones is 1. The maximum Gasteiger partial charge on any atom is 0.410 e.